The van der Waals surface area contributed by atoms with Crippen LogP contribution in [0, 0.1) is 5.82 Å². The standard InChI is InChI=1S/C23H30FN3O4S/c1-13(2)18-10-17(24)11-19(14(3)4)21(18)25-23(28)26-32(29,30)20-9-16-12-27-7-5-15(6-8-27)22(16)31-20/h9-11,13-15H,5-8,12H2,1-4H3,(H2,25,26,28). The lowest BCUT2D eigenvalue weighted by atomic mass is 9.92. The molecule has 2 aromatic rings. The Morgan fingerprint density at radius 3 is 2.25 bits per heavy atom. The smallest absolute Gasteiger partial charge is 0.333 e. The summed E-state index contributed by atoms with van der Waals surface area (Å²) in [6.45, 7) is 10.2. The van der Waals surface area contributed by atoms with E-state index in [0.29, 0.717) is 29.1 Å². The molecule has 1 aromatic carbocycles. The maximum atomic E-state index is 14.1. The zero-order valence-corrected chi connectivity index (χ0v) is 19.7. The van der Waals surface area contributed by atoms with E-state index in [4.69, 9.17) is 4.42 Å². The van der Waals surface area contributed by atoms with Crippen LogP contribution in [0.15, 0.2) is 27.7 Å². The first kappa shape index (κ1) is 22.8. The minimum absolute atomic E-state index is 0.0683. The van der Waals surface area contributed by atoms with E-state index in [9.17, 15) is 17.6 Å². The highest BCUT2D eigenvalue weighted by Crippen LogP contribution is 2.38. The van der Waals surface area contributed by atoms with Crippen LogP contribution in [0.5, 0.6) is 0 Å². The largest absolute Gasteiger partial charge is 0.447 e. The molecule has 1 fully saturated rings. The van der Waals surface area contributed by atoms with E-state index < -0.39 is 21.9 Å². The van der Waals surface area contributed by atoms with E-state index in [1.54, 1.807) is 0 Å². The number of hydrogen-bond acceptors (Lipinski definition) is 5. The first-order chi connectivity index (χ1) is 15.0. The van der Waals surface area contributed by atoms with Gasteiger partial charge in [0.1, 0.15) is 11.6 Å². The van der Waals surface area contributed by atoms with Crippen molar-refractivity contribution in [2.75, 3.05) is 18.4 Å². The number of piperidine rings is 1. The van der Waals surface area contributed by atoms with Crippen LogP contribution in [-0.2, 0) is 16.6 Å². The number of halogens is 1. The summed E-state index contributed by atoms with van der Waals surface area (Å²) >= 11 is 0. The van der Waals surface area contributed by atoms with Crippen molar-refractivity contribution in [3.8, 4) is 0 Å². The van der Waals surface area contributed by atoms with Crippen molar-refractivity contribution in [2.24, 2.45) is 0 Å². The quantitative estimate of drug-likeness (QED) is 0.660. The summed E-state index contributed by atoms with van der Waals surface area (Å²) in [4.78, 5) is 15.0. The van der Waals surface area contributed by atoms with Crippen LogP contribution in [0.3, 0.4) is 0 Å². The molecule has 1 saturated heterocycles. The number of nitrogens with zero attached hydrogens (tertiary/aromatic N) is 1. The number of hydrogen-bond donors (Lipinski definition) is 2. The minimum atomic E-state index is -4.20. The fraction of sp³-hybridized carbons (Fsp3) is 0.522. The Balaban J connectivity index is 1.58. The zero-order valence-electron chi connectivity index (χ0n) is 18.9. The van der Waals surface area contributed by atoms with Crippen molar-refractivity contribution in [2.45, 2.75) is 69.9 Å². The summed E-state index contributed by atoms with van der Waals surface area (Å²) in [5.74, 6) is 0.400. The molecule has 5 rings (SSSR count). The maximum absolute atomic E-state index is 14.1. The highest BCUT2D eigenvalue weighted by molar-refractivity contribution is 7.89. The van der Waals surface area contributed by atoms with E-state index in [0.717, 1.165) is 31.5 Å². The SMILES string of the molecule is CC(C)c1cc(F)cc(C(C)C)c1NC(=O)NS(=O)(=O)c1cc2c(o1)C1CCN(CC1)C2. The number of nitrogens with one attached hydrogen (secondary N) is 2. The van der Waals surface area contributed by atoms with E-state index in [-0.39, 0.29) is 22.8 Å². The molecule has 0 radical (unpaired) electrons. The molecule has 174 valence electrons. The van der Waals surface area contributed by atoms with Crippen LogP contribution in [0.4, 0.5) is 14.9 Å². The molecule has 2 amide bonds. The number of sulfonamides is 1. The van der Waals surface area contributed by atoms with Gasteiger partial charge in [0.15, 0.2) is 0 Å². The van der Waals surface area contributed by atoms with Gasteiger partial charge in [0, 0.05) is 29.8 Å². The van der Waals surface area contributed by atoms with Gasteiger partial charge in [0.25, 0.3) is 10.0 Å². The van der Waals surface area contributed by atoms with Gasteiger partial charge in [-0.15, -0.1) is 0 Å². The van der Waals surface area contributed by atoms with Crippen LogP contribution < -0.4 is 10.0 Å². The average molecular weight is 464 g/mol. The van der Waals surface area contributed by atoms with Crippen molar-refractivity contribution >= 4 is 21.7 Å². The molecule has 3 aliphatic rings. The third-order valence-electron chi connectivity index (χ3n) is 6.31. The number of rotatable bonds is 5. The van der Waals surface area contributed by atoms with Gasteiger partial charge in [-0.1, -0.05) is 27.7 Å². The third kappa shape index (κ3) is 4.41. The van der Waals surface area contributed by atoms with Gasteiger partial charge >= 0.3 is 6.03 Å². The second-order valence-electron chi connectivity index (χ2n) is 9.33. The predicted molar refractivity (Wildman–Crippen MR) is 120 cm³/mol. The van der Waals surface area contributed by atoms with Crippen LogP contribution >= 0.6 is 0 Å². The highest BCUT2D eigenvalue weighted by Gasteiger charge is 2.34. The van der Waals surface area contributed by atoms with Crippen LogP contribution in [0.1, 0.15) is 80.7 Å². The van der Waals surface area contributed by atoms with Crippen molar-refractivity contribution in [1.82, 2.24) is 9.62 Å². The average Bonchev–Trinajstić information content (AvgIpc) is 2.99. The lowest BCUT2D eigenvalue weighted by Crippen LogP contribution is -2.35. The number of anilines is 1. The monoisotopic (exact) mass is 463 g/mol. The number of furan rings is 1. The first-order valence-electron chi connectivity index (χ1n) is 11.1. The maximum Gasteiger partial charge on any atom is 0.333 e. The van der Waals surface area contributed by atoms with Gasteiger partial charge < -0.3 is 9.73 Å². The number of urea groups is 1. The Hall–Kier alpha value is -2.39. The summed E-state index contributed by atoms with van der Waals surface area (Å²) in [5, 5.41) is 2.40. The third-order valence-corrected chi connectivity index (χ3v) is 7.50. The minimum Gasteiger partial charge on any atom is -0.447 e. The Morgan fingerprint density at radius 1 is 1.09 bits per heavy atom. The topological polar surface area (TPSA) is 91.7 Å². The molecule has 32 heavy (non-hydrogen) atoms. The summed E-state index contributed by atoms with van der Waals surface area (Å²) in [7, 11) is -4.20. The molecule has 2 bridgehead atoms. The molecular weight excluding hydrogens is 433 g/mol. The molecule has 0 atom stereocenters. The van der Waals surface area contributed by atoms with E-state index in [1.165, 1.54) is 18.2 Å². The molecule has 0 aliphatic carbocycles. The summed E-state index contributed by atoms with van der Waals surface area (Å²) in [6, 6.07) is 3.36. The molecule has 7 nitrogen and oxygen atoms in total. The Bertz CT molecular complexity index is 1100. The number of amides is 2. The lowest BCUT2D eigenvalue weighted by molar-refractivity contribution is 0.212. The zero-order chi connectivity index (χ0) is 23.2. The van der Waals surface area contributed by atoms with E-state index >= 15 is 0 Å². The predicted octanol–water partition coefficient (Wildman–Crippen LogP) is 4.87. The van der Waals surface area contributed by atoms with Crippen molar-refractivity contribution in [3.63, 3.8) is 0 Å². The van der Waals surface area contributed by atoms with Gasteiger partial charge in [-0.25, -0.2) is 13.9 Å². The van der Waals surface area contributed by atoms with Crippen molar-refractivity contribution in [1.29, 1.82) is 0 Å². The van der Waals surface area contributed by atoms with Gasteiger partial charge in [-0.05, 0) is 61.0 Å². The first-order valence-corrected chi connectivity index (χ1v) is 12.6. The molecule has 4 heterocycles. The lowest BCUT2D eigenvalue weighted by Gasteiger charge is -2.26. The fourth-order valence-electron chi connectivity index (χ4n) is 4.63. The van der Waals surface area contributed by atoms with Crippen molar-refractivity contribution < 1.29 is 22.0 Å². The Kier molecular flexibility index (Phi) is 6.06. The van der Waals surface area contributed by atoms with Gasteiger partial charge in [0.2, 0.25) is 5.09 Å². The van der Waals surface area contributed by atoms with Crippen LogP contribution in [-0.4, -0.2) is 32.4 Å². The molecule has 9 heteroatoms. The summed E-state index contributed by atoms with van der Waals surface area (Å²) < 4.78 is 47.7. The molecule has 0 spiro atoms. The molecule has 1 aromatic heterocycles. The second-order valence-corrected chi connectivity index (χ2v) is 10.9. The normalized spacial score (nSPS) is 20.3. The number of fused-ring (bicyclic) bond motifs is 2. The Labute approximate surface area is 188 Å². The molecule has 2 N–H and O–H groups in total. The van der Waals surface area contributed by atoms with Gasteiger partial charge in [-0.3, -0.25) is 4.90 Å². The Morgan fingerprint density at radius 2 is 1.69 bits per heavy atom. The van der Waals surface area contributed by atoms with Crippen molar-refractivity contribution in [3.05, 3.63) is 46.5 Å². The molecule has 0 saturated carbocycles. The van der Waals surface area contributed by atoms with E-state index in [1.807, 2.05) is 27.7 Å². The van der Waals surface area contributed by atoms with E-state index in [2.05, 4.69) is 14.9 Å². The summed E-state index contributed by atoms with van der Waals surface area (Å²) in [5.41, 5.74) is 2.52. The van der Waals surface area contributed by atoms with Crippen LogP contribution in [0.25, 0.3) is 0 Å². The number of carbonyl (C=O) groups is 1. The summed E-state index contributed by atoms with van der Waals surface area (Å²) in [6.07, 6.45) is 1.88. The second kappa shape index (κ2) is 8.51. The van der Waals surface area contributed by atoms with Gasteiger partial charge in [0.05, 0.1) is 0 Å². The number of benzene rings is 1. The molecular formula is C23H30FN3O4S. The highest BCUT2D eigenvalue weighted by atomic mass is 32.2. The van der Waals surface area contributed by atoms with Gasteiger partial charge in [-0.2, -0.15) is 8.42 Å². The number of carbonyl (C=O) groups excluding carboxylic acids is 1. The molecule has 0 unspecified atom stereocenters. The molecule has 3 aliphatic heterocycles. The fourth-order valence-corrected chi connectivity index (χ4v) is 5.52. The van der Waals surface area contributed by atoms with Crippen LogP contribution in [0.2, 0.25) is 0 Å².